The van der Waals surface area contributed by atoms with Crippen LogP contribution in [0.25, 0.3) is 10.9 Å². The fourth-order valence-electron chi connectivity index (χ4n) is 5.38. The Labute approximate surface area is 185 Å². The Morgan fingerprint density at radius 1 is 1.23 bits per heavy atom. The Balaban J connectivity index is 1.47. The van der Waals surface area contributed by atoms with Crippen LogP contribution >= 0.6 is 0 Å². The van der Waals surface area contributed by atoms with Crippen molar-refractivity contribution < 1.29 is 4.79 Å². The van der Waals surface area contributed by atoms with Crippen molar-refractivity contribution in [3.8, 4) is 6.07 Å². The highest BCUT2D eigenvalue weighted by Gasteiger charge is 2.30. The first kappa shape index (κ1) is 21.7. The fourth-order valence-corrected chi connectivity index (χ4v) is 5.38. The summed E-state index contributed by atoms with van der Waals surface area (Å²) in [6.45, 7) is 6.33. The molecule has 6 nitrogen and oxygen atoms in total. The van der Waals surface area contributed by atoms with E-state index in [-0.39, 0.29) is 5.91 Å². The van der Waals surface area contributed by atoms with Crippen LogP contribution in [-0.2, 0) is 4.79 Å². The largest absolute Gasteiger partial charge is 0.341 e. The van der Waals surface area contributed by atoms with Crippen LogP contribution in [0.1, 0.15) is 43.2 Å². The highest BCUT2D eigenvalue weighted by atomic mass is 16.2. The first-order valence-electron chi connectivity index (χ1n) is 11.4. The number of carbonyl (C=O) groups excluding carboxylic acids is 1. The third kappa shape index (κ3) is 4.73. The van der Waals surface area contributed by atoms with Gasteiger partial charge in [-0.1, -0.05) is 19.1 Å². The Morgan fingerprint density at radius 3 is 2.71 bits per heavy atom. The Hall–Kier alpha value is -2.49. The van der Waals surface area contributed by atoms with E-state index in [0.717, 1.165) is 56.3 Å². The zero-order valence-electron chi connectivity index (χ0n) is 18.9. The maximum Gasteiger partial charge on any atom is 0.236 e. The summed E-state index contributed by atoms with van der Waals surface area (Å²) < 4.78 is 0. The number of carbonyl (C=O) groups is 1. The minimum absolute atomic E-state index is 0.261. The zero-order chi connectivity index (χ0) is 22.0. The van der Waals surface area contributed by atoms with Crippen LogP contribution in [0, 0.1) is 17.2 Å². The second kappa shape index (κ2) is 9.33. The molecule has 2 saturated heterocycles. The third-order valence-corrected chi connectivity index (χ3v) is 7.01. The molecule has 2 aliphatic heterocycles. The van der Waals surface area contributed by atoms with Gasteiger partial charge in [0, 0.05) is 43.8 Å². The predicted molar refractivity (Wildman–Crippen MR) is 123 cm³/mol. The molecule has 1 aromatic heterocycles. The number of nitrogens with zero attached hydrogens (tertiary/aromatic N) is 5. The van der Waals surface area contributed by atoms with Gasteiger partial charge in [-0.3, -0.25) is 14.7 Å². The summed E-state index contributed by atoms with van der Waals surface area (Å²) in [5.74, 6) is 1.13. The van der Waals surface area contributed by atoms with Crippen LogP contribution < -0.4 is 0 Å². The molecular formula is C25H33N5O. The standard InChI is InChI=1S/C25H33N5O/c1-18-13-20(22-7-6-19(14-26)25-23(22)5-4-10-27-25)16-29(15-18)17-24(31)30-11-8-21(9-12-30)28(2)3/h4-7,10,18,20-21H,8-9,11-13,15-17H2,1-3H3/t18-,20-/m1/s1. The van der Waals surface area contributed by atoms with Crippen LogP contribution in [0.4, 0.5) is 0 Å². The van der Waals surface area contributed by atoms with E-state index in [1.165, 1.54) is 5.56 Å². The molecule has 0 N–H and O–H groups in total. The number of hydrogen-bond acceptors (Lipinski definition) is 5. The molecule has 0 saturated carbocycles. The molecule has 3 heterocycles. The first-order chi connectivity index (χ1) is 15.0. The molecule has 0 unspecified atom stereocenters. The molecule has 0 aliphatic carbocycles. The molecule has 2 atom stereocenters. The van der Waals surface area contributed by atoms with Crippen molar-refractivity contribution in [1.82, 2.24) is 19.7 Å². The Morgan fingerprint density at radius 2 is 2.00 bits per heavy atom. The van der Waals surface area contributed by atoms with Gasteiger partial charge in [0.15, 0.2) is 0 Å². The summed E-state index contributed by atoms with van der Waals surface area (Å²) in [7, 11) is 4.25. The molecule has 0 bridgehead atoms. The first-order valence-corrected chi connectivity index (χ1v) is 11.4. The van der Waals surface area contributed by atoms with Crippen LogP contribution in [0.5, 0.6) is 0 Å². The minimum atomic E-state index is 0.261. The molecule has 0 radical (unpaired) electrons. The van der Waals surface area contributed by atoms with Gasteiger partial charge in [0.2, 0.25) is 5.91 Å². The van der Waals surface area contributed by atoms with Gasteiger partial charge in [-0.2, -0.15) is 5.26 Å². The Kier molecular flexibility index (Phi) is 6.54. The van der Waals surface area contributed by atoms with Crippen molar-refractivity contribution in [1.29, 1.82) is 5.26 Å². The predicted octanol–water partition coefficient (Wildman–Crippen LogP) is 3.08. The normalized spacial score (nSPS) is 23.3. The number of hydrogen-bond donors (Lipinski definition) is 0. The number of benzene rings is 1. The van der Waals surface area contributed by atoms with E-state index in [1.54, 1.807) is 6.20 Å². The van der Waals surface area contributed by atoms with Gasteiger partial charge < -0.3 is 9.80 Å². The lowest BCUT2D eigenvalue weighted by molar-refractivity contribution is -0.134. The summed E-state index contributed by atoms with van der Waals surface area (Å²) in [5, 5.41) is 10.5. The van der Waals surface area contributed by atoms with E-state index in [9.17, 15) is 10.1 Å². The number of pyridine rings is 1. The molecule has 1 amide bonds. The van der Waals surface area contributed by atoms with E-state index < -0.39 is 0 Å². The number of piperidine rings is 2. The van der Waals surface area contributed by atoms with Gasteiger partial charge in [-0.15, -0.1) is 0 Å². The van der Waals surface area contributed by atoms with Gasteiger partial charge in [0.1, 0.15) is 6.07 Å². The van der Waals surface area contributed by atoms with Crippen molar-refractivity contribution in [3.63, 3.8) is 0 Å². The van der Waals surface area contributed by atoms with E-state index in [0.29, 0.717) is 30.0 Å². The number of amides is 1. The average molecular weight is 420 g/mol. The van der Waals surface area contributed by atoms with E-state index in [1.807, 2.05) is 12.1 Å². The summed E-state index contributed by atoms with van der Waals surface area (Å²) in [6.07, 6.45) is 4.96. The second-order valence-electron chi connectivity index (χ2n) is 9.52. The van der Waals surface area contributed by atoms with Crippen molar-refractivity contribution in [3.05, 3.63) is 41.6 Å². The van der Waals surface area contributed by atoms with Crippen LogP contribution in [0.2, 0.25) is 0 Å². The summed E-state index contributed by atoms with van der Waals surface area (Å²) in [5.41, 5.74) is 2.65. The van der Waals surface area contributed by atoms with E-state index in [2.05, 4.69) is 58.9 Å². The van der Waals surface area contributed by atoms with E-state index in [4.69, 9.17) is 0 Å². The topological polar surface area (TPSA) is 63.5 Å². The monoisotopic (exact) mass is 419 g/mol. The lowest BCUT2D eigenvalue weighted by atomic mass is 9.83. The highest BCUT2D eigenvalue weighted by Crippen LogP contribution is 2.34. The number of fused-ring (bicyclic) bond motifs is 1. The molecule has 2 aromatic rings. The van der Waals surface area contributed by atoms with E-state index >= 15 is 0 Å². The highest BCUT2D eigenvalue weighted by molar-refractivity contribution is 5.87. The molecule has 31 heavy (non-hydrogen) atoms. The fraction of sp³-hybridized carbons (Fsp3) is 0.560. The van der Waals surface area contributed by atoms with Gasteiger partial charge >= 0.3 is 0 Å². The molecule has 6 heteroatoms. The minimum Gasteiger partial charge on any atom is -0.341 e. The SMILES string of the molecule is C[C@@H]1C[C@@H](c2ccc(C#N)c3ncccc23)CN(CC(=O)N2CCC(N(C)C)CC2)C1. The van der Waals surface area contributed by atoms with Crippen molar-refractivity contribution in [2.45, 2.75) is 38.1 Å². The molecule has 2 aliphatic rings. The lowest BCUT2D eigenvalue weighted by Crippen LogP contribution is -2.49. The van der Waals surface area contributed by atoms with Crippen LogP contribution in [0.3, 0.4) is 0 Å². The van der Waals surface area contributed by atoms with Crippen molar-refractivity contribution >= 4 is 16.8 Å². The van der Waals surface area contributed by atoms with Crippen LogP contribution in [0.15, 0.2) is 30.5 Å². The van der Waals surface area contributed by atoms with Gasteiger partial charge in [0.25, 0.3) is 0 Å². The van der Waals surface area contributed by atoms with Crippen LogP contribution in [-0.4, -0.2) is 78.5 Å². The zero-order valence-corrected chi connectivity index (χ0v) is 18.9. The maximum atomic E-state index is 13.0. The number of nitriles is 1. The Bertz CT molecular complexity index is 974. The number of rotatable bonds is 4. The smallest absolute Gasteiger partial charge is 0.236 e. The quantitative estimate of drug-likeness (QED) is 0.762. The molecule has 1 aromatic carbocycles. The molecule has 4 rings (SSSR count). The molecule has 2 fully saturated rings. The molecular weight excluding hydrogens is 386 g/mol. The molecule has 0 spiro atoms. The lowest BCUT2D eigenvalue weighted by Gasteiger charge is -2.39. The number of aromatic nitrogens is 1. The molecule has 164 valence electrons. The van der Waals surface area contributed by atoms with Gasteiger partial charge in [-0.05, 0) is 62.9 Å². The third-order valence-electron chi connectivity index (χ3n) is 7.01. The van der Waals surface area contributed by atoms with Crippen molar-refractivity contribution in [2.24, 2.45) is 5.92 Å². The summed E-state index contributed by atoms with van der Waals surface area (Å²) in [4.78, 5) is 24.1. The summed E-state index contributed by atoms with van der Waals surface area (Å²) >= 11 is 0. The number of likely N-dealkylation sites (tertiary alicyclic amines) is 2. The van der Waals surface area contributed by atoms with Crippen molar-refractivity contribution in [2.75, 3.05) is 46.8 Å². The summed E-state index contributed by atoms with van der Waals surface area (Å²) in [6, 6.07) is 10.9. The second-order valence-corrected chi connectivity index (χ2v) is 9.52. The average Bonchev–Trinajstić information content (AvgIpc) is 2.78. The maximum absolute atomic E-state index is 13.0. The van der Waals surface area contributed by atoms with Gasteiger partial charge in [-0.25, -0.2) is 0 Å². The van der Waals surface area contributed by atoms with Gasteiger partial charge in [0.05, 0.1) is 17.6 Å².